The van der Waals surface area contributed by atoms with E-state index in [9.17, 15) is 39.6 Å². The molecule has 21 heteroatoms. The smallest absolute Gasteiger partial charge is 0.410 e. The molecule has 2 aliphatic heterocycles. The van der Waals surface area contributed by atoms with Crippen LogP contribution in [0.3, 0.4) is 0 Å². The van der Waals surface area contributed by atoms with E-state index in [1.54, 1.807) is 36.4 Å². The van der Waals surface area contributed by atoms with Gasteiger partial charge in [0.15, 0.2) is 0 Å². The summed E-state index contributed by atoms with van der Waals surface area (Å²) < 4.78 is 112. The third-order valence-corrected chi connectivity index (χ3v) is 15.0. The highest BCUT2D eigenvalue weighted by Crippen LogP contribution is 2.40. The lowest BCUT2D eigenvalue weighted by Crippen LogP contribution is -2.48. The number of hydrogen-bond acceptors (Lipinski definition) is 12. The number of benzene rings is 3. The molecule has 3 aromatic carbocycles. The number of likely N-dealkylation sites (tertiary alicyclic amines) is 1. The number of nitrogens with one attached hydrogen (secondary N) is 3. The Labute approximate surface area is 362 Å². The molecule has 2 saturated heterocycles. The average molecular weight is 915 g/mol. The highest BCUT2D eigenvalue weighted by Gasteiger charge is 2.49. The van der Waals surface area contributed by atoms with E-state index in [4.69, 9.17) is 4.74 Å². The number of halogens is 4. The summed E-state index contributed by atoms with van der Waals surface area (Å²) >= 11 is 0. The molecule has 63 heavy (non-hydrogen) atoms. The maximum Gasteiger partial charge on any atom is 0.417 e. The van der Waals surface area contributed by atoms with Crippen molar-refractivity contribution in [3.8, 4) is 5.75 Å². The van der Waals surface area contributed by atoms with Crippen molar-refractivity contribution in [2.24, 2.45) is 11.8 Å². The molecule has 3 N–H and O–H groups in total. The molecule has 4 heterocycles. The van der Waals surface area contributed by atoms with Gasteiger partial charge in [0.1, 0.15) is 17.4 Å². The molecule has 0 bridgehead atoms. The number of para-hydroxylation sites is 1. The van der Waals surface area contributed by atoms with E-state index in [0.717, 1.165) is 38.1 Å². The van der Waals surface area contributed by atoms with Gasteiger partial charge in [0.25, 0.3) is 0 Å². The highest BCUT2D eigenvalue weighted by molar-refractivity contribution is 7.93. The quantitative estimate of drug-likeness (QED) is 0.124. The number of aromatic nitrogens is 4. The van der Waals surface area contributed by atoms with Crippen molar-refractivity contribution in [1.82, 2.24) is 30.6 Å². The number of carbonyl (C=O) groups is 2. The van der Waals surface area contributed by atoms with E-state index >= 15 is 4.39 Å². The van der Waals surface area contributed by atoms with E-state index in [0.29, 0.717) is 43.1 Å². The molecule has 0 radical (unpaired) electrons. The van der Waals surface area contributed by atoms with Crippen LogP contribution in [0, 0.1) is 23.5 Å². The molecule has 2 fully saturated rings. The number of hydrogen-bond donors (Lipinski definition) is 3. The van der Waals surface area contributed by atoms with Gasteiger partial charge in [-0.1, -0.05) is 30.3 Å². The lowest BCUT2D eigenvalue weighted by Gasteiger charge is -2.37. The van der Waals surface area contributed by atoms with Crippen LogP contribution in [-0.2, 0) is 19.7 Å². The normalized spacial score (nSPS) is 16.6. The van der Waals surface area contributed by atoms with Crippen LogP contribution in [0.5, 0.6) is 5.75 Å². The summed E-state index contributed by atoms with van der Waals surface area (Å²) in [5.74, 6) is -2.31. The Hall–Kier alpha value is -6.06. The van der Waals surface area contributed by atoms with Crippen LogP contribution in [-0.4, -0.2) is 90.4 Å². The predicted molar refractivity (Wildman–Crippen MR) is 225 cm³/mol. The van der Waals surface area contributed by atoms with Gasteiger partial charge in [-0.3, -0.25) is 5.32 Å². The number of piperidine rings is 2. The fraction of sp³-hybridized carbons (Fsp3) is 0.333. The molecule has 7 rings (SSSR count). The molecule has 2 atom stereocenters. The van der Waals surface area contributed by atoms with Gasteiger partial charge < -0.3 is 20.3 Å². The maximum atomic E-state index is 15.4. The van der Waals surface area contributed by atoms with Crippen molar-refractivity contribution in [3.63, 3.8) is 0 Å². The second kappa shape index (κ2) is 21.3. The Balaban J connectivity index is 0.000000187. The van der Waals surface area contributed by atoms with E-state index in [1.807, 2.05) is 6.07 Å². The summed E-state index contributed by atoms with van der Waals surface area (Å²) in [4.78, 5) is 24.5. The van der Waals surface area contributed by atoms with Crippen LogP contribution in [0.25, 0.3) is 0 Å². The van der Waals surface area contributed by atoms with Crippen molar-refractivity contribution >= 4 is 43.2 Å². The topological polar surface area (TPSA) is 203 Å². The van der Waals surface area contributed by atoms with Gasteiger partial charge in [0.05, 0.1) is 46.0 Å². The summed E-state index contributed by atoms with van der Waals surface area (Å²) in [6, 6.07) is 20.5. The number of urea groups is 1. The Morgan fingerprint density at radius 2 is 1.14 bits per heavy atom. The average Bonchev–Trinajstić information content (AvgIpc) is 3.28. The van der Waals surface area contributed by atoms with Crippen molar-refractivity contribution in [2.45, 2.75) is 59.3 Å². The minimum atomic E-state index is -4.39. The van der Waals surface area contributed by atoms with Crippen LogP contribution in [0.15, 0.2) is 126 Å². The number of ether oxygens (including phenoxy) is 1. The predicted octanol–water partition coefficient (Wildman–Crippen LogP) is 7.39. The minimum absolute atomic E-state index is 0.170. The van der Waals surface area contributed by atoms with Gasteiger partial charge in [-0.25, -0.2) is 44.0 Å². The number of alkyl halides is 2. The van der Waals surface area contributed by atoms with Gasteiger partial charge in [-0.05, 0) is 113 Å². The zero-order chi connectivity index (χ0) is 45.7. The second-order valence-corrected chi connectivity index (χ2v) is 19.3. The molecule has 15 nitrogen and oxygen atoms in total. The number of rotatable bonds is 9. The number of anilines is 2. The first-order valence-corrected chi connectivity index (χ1v) is 22.6. The monoisotopic (exact) mass is 914 g/mol. The SMILES string of the molecule is CC(F)(C1CCN(C(=O)Nc2ccnnc2)CC1)S(=O)(=O)c1cccc(F)c1.CC(F)(C1CCNCC1)S(=O)(=O)c1cccc(F)c1.O=C(Nc1ccnnc1)Oc1ccccc1. The molecule has 0 aliphatic carbocycles. The fourth-order valence-electron chi connectivity index (χ4n) is 6.77. The van der Waals surface area contributed by atoms with Crippen LogP contribution < -0.4 is 20.7 Å². The zero-order valence-electron chi connectivity index (χ0n) is 34.2. The molecule has 336 valence electrons. The third-order valence-electron chi connectivity index (χ3n) is 10.5. The van der Waals surface area contributed by atoms with Crippen molar-refractivity contribution in [1.29, 1.82) is 0 Å². The largest absolute Gasteiger partial charge is 0.417 e. The van der Waals surface area contributed by atoms with E-state index in [1.165, 1.54) is 54.0 Å². The summed E-state index contributed by atoms with van der Waals surface area (Å²) in [5.41, 5.74) is 1.02. The van der Waals surface area contributed by atoms with Gasteiger partial charge in [-0.15, -0.1) is 0 Å². The first-order valence-electron chi connectivity index (χ1n) is 19.6. The fourth-order valence-corrected chi connectivity index (χ4v) is 10.1. The first kappa shape index (κ1) is 48.0. The van der Waals surface area contributed by atoms with Gasteiger partial charge in [-0.2, -0.15) is 20.4 Å². The molecule has 0 saturated carbocycles. The van der Waals surface area contributed by atoms with E-state index in [-0.39, 0.29) is 41.8 Å². The van der Waals surface area contributed by atoms with Crippen LogP contribution >= 0.6 is 0 Å². The number of sulfone groups is 2. The zero-order valence-corrected chi connectivity index (χ0v) is 35.8. The Morgan fingerprint density at radius 1 is 0.667 bits per heavy atom. The number of amides is 3. The second-order valence-electron chi connectivity index (χ2n) is 14.7. The van der Waals surface area contributed by atoms with Gasteiger partial charge in [0.2, 0.25) is 29.7 Å². The minimum Gasteiger partial charge on any atom is -0.410 e. The number of carbonyl (C=O) groups excluding carboxylic acids is 2. The van der Waals surface area contributed by atoms with Gasteiger partial charge >= 0.3 is 12.1 Å². The Kier molecular flexibility index (Phi) is 16.3. The maximum absolute atomic E-state index is 15.4. The van der Waals surface area contributed by atoms with Crippen molar-refractivity contribution < 1.29 is 48.7 Å². The molecule has 2 unspecified atom stereocenters. The lowest BCUT2D eigenvalue weighted by molar-refractivity contribution is 0.117. The van der Waals surface area contributed by atoms with Crippen LogP contribution in [0.4, 0.5) is 38.5 Å². The molecular weight excluding hydrogens is 869 g/mol. The molecule has 5 aromatic rings. The Morgan fingerprint density at radius 3 is 1.60 bits per heavy atom. The molecule has 0 spiro atoms. The molecular formula is C42H46F4N8O7S2. The lowest BCUT2D eigenvalue weighted by atomic mass is 9.92. The summed E-state index contributed by atoms with van der Waals surface area (Å²) in [6.07, 6.45) is 6.46. The molecule has 2 aromatic heterocycles. The van der Waals surface area contributed by atoms with Crippen LogP contribution in [0.1, 0.15) is 39.5 Å². The number of nitrogens with zero attached hydrogens (tertiary/aromatic N) is 5. The van der Waals surface area contributed by atoms with Crippen LogP contribution in [0.2, 0.25) is 0 Å². The van der Waals surface area contributed by atoms with Crippen molar-refractivity contribution in [2.75, 3.05) is 36.8 Å². The summed E-state index contributed by atoms with van der Waals surface area (Å²) in [6.45, 7) is 3.70. The van der Waals surface area contributed by atoms with Crippen molar-refractivity contribution in [3.05, 3.63) is 127 Å². The standard InChI is InChI=1S/C18H20F2N4O3S.C13H17F2NO2S.C11H9N3O2/c1-18(20,28(26,27)16-4-2-3-14(19)11-16)13-6-9-24(10-7-13)17(25)23-15-5-8-21-22-12-15;1-13(15,10-5-7-16-8-6-10)19(17,18)12-4-2-3-11(14)9-12;15-11(14-9-6-7-12-13-8-9)16-10-4-2-1-3-5-10/h2-5,8,11-13H,6-7,9-10H2,1H3,(H,21,23,25);2-4,9-10,16H,5-8H2,1H3;1-8H,(H,12,14,15). The van der Waals surface area contributed by atoms with E-state index < -0.39 is 59.2 Å². The summed E-state index contributed by atoms with van der Waals surface area (Å²) in [5, 5.41) is 17.8. The molecule has 3 amide bonds. The van der Waals surface area contributed by atoms with Gasteiger partial charge in [0, 0.05) is 24.9 Å². The van der Waals surface area contributed by atoms with E-state index in [2.05, 4.69) is 36.3 Å². The first-order chi connectivity index (χ1) is 29.9. The third kappa shape index (κ3) is 12.5. The molecule has 2 aliphatic rings. The Bertz CT molecular complexity index is 2460. The summed E-state index contributed by atoms with van der Waals surface area (Å²) in [7, 11) is -8.58. The highest BCUT2D eigenvalue weighted by atomic mass is 32.2.